The fraction of sp³-hybridized carbons (Fsp3) is 0.265. The van der Waals surface area contributed by atoms with Crippen LogP contribution in [0.25, 0.3) is 16.6 Å². The molecule has 0 amide bonds. The summed E-state index contributed by atoms with van der Waals surface area (Å²) in [5.41, 5.74) is 4.17. The number of benzene rings is 2. The average Bonchev–Trinajstić information content (AvgIpc) is 3.32. The van der Waals surface area contributed by atoms with Gasteiger partial charge in [0.05, 0.1) is 35.1 Å². The molecule has 1 saturated heterocycles. The molecule has 2 aliphatic heterocycles. The van der Waals surface area contributed by atoms with E-state index in [1.165, 1.54) is 19.2 Å². The molecule has 6 rings (SSSR count). The van der Waals surface area contributed by atoms with Crippen LogP contribution in [0, 0.1) is 17.6 Å². The number of aromatic nitrogens is 3. The molecule has 232 valence electrons. The van der Waals surface area contributed by atoms with Crippen LogP contribution >= 0.6 is 11.6 Å². The molecule has 4 aromatic rings. The van der Waals surface area contributed by atoms with Crippen molar-refractivity contribution in [2.75, 3.05) is 38.7 Å². The second-order valence-corrected chi connectivity index (χ2v) is 11.3. The first-order chi connectivity index (χ1) is 21.9. The number of nitrogens with zero attached hydrogens (tertiary/aromatic N) is 4. The molecule has 2 N–H and O–H groups in total. The summed E-state index contributed by atoms with van der Waals surface area (Å²) in [7, 11) is 1.53. The number of anilines is 1. The first kappa shape index (κ1) is 30.6. The van der Waals surface area contributed by atoms with E-state index >= 15 is 8.78 Å². The van der Waals surface area contributed by atoms with Crippen molar-refractivity contribution in [3.05, 3.63) is 113 Å². The highest BCUT2D eigenvalue weighted by Gasteiger charge is 2.26. The zero-order valence-electron chi connectivity index (χ0n) is 24.8. The number of aliphatic imine (C=N–C) groups is 1. The van der Waals surface area contributed by atoms with E-state index in [0.29, 0.717) is 40.1 Å². The summed E-state index contributed by atoms with van der Waals surface area (Å²) in [6.07, 6.45) is 9.09. The first-order valence-electron chi connectivity index (χ1n) is 14.8. The minimum absolute atomic E-state index is 0.0969. The molecule has 4 heterocycles. The van der Waals surface area contributed by atoms with E-state index in [1.54, 1.807) is 23.1 Å². The van der Waals surface area contributed by atoms with Gasteiger partial charge in [0.2, 0.25) is 0 Å². The van der Waals surface area contributed by atoms with Crippen LogP contribution in [0.5, 0.6) is 5.75 Å². The van der Waals surface area contributed by atoms with Crippen molar-refractivity contribution in [1.29, 1.82) is 0 Å². The molecule has 2 aromatic heterocycles. The van der Waals surface area contributed by atoms with E-state index in [1.807, 2.05) is 30.3 Å². The van der Waals surface area contributed by atoms with Crippen LogP contribution in [-0.4, -0.2) is 54.0 Å². The highest BCUT2D eigenvalue weighted by atomic mass is 35.5. The van der Waals surface area contributed by atoms with Crippen LogP contribution in [0.15, 0.2) is 89.7 Å². The van der Waals surface area contributed by atoms with Crippen molar-refractivity contribution < 1.29 is 18.3 Å². The summed E-state index contributed by atoms with van der Waals surface area (Å²) < 4.78 is 42.4. The predicted octanol–water partition coefficient (Wildman–Crippen LogP) is 6.78. The number of fused-ring (bicyclic) bond motifs is 1. The second kappa shape index (κ2) is 13.7. The third-order valence-electron chi connectivity index (χ3n) is 7.85. The molecule has 11 heteroatoms. The number of nitrogens with one attached hydrogen (secondary N) is 2. The number of halogens is 3. The Bertz CT molecular complexity index is 1800. The topological polar surface area (TPSA) is 85.6 Å². The lowest BCUT2D eigenvalue weighted by atomic mass is 9.88. The predicted molar refractivity (Wildman–Crippen MR) is 174 cm³/mol. The van der Waals surface area contributed by atoms with Crippen LogP contribution in [0.1, 0.15) is 24.1 Å². The molecule has 0 saturated carbocycles. The van der Waals surface area contributed by atoms with Crippen LogP contribution in [0.2, 0.25) is 5.02 Å². The molecule has 0 radical (unpaired) electrons. The van der Waals surface area contributed by atoms with E-state index in [-0.39, 0.29) is 30.4 Å². The van der Waals surface area contributed by atoms with Crippen molar-refractivity contribution in [3.8, 4) is 5.75 Å². The van der Waals surface area contributed by atoms with Crippen LogP contribution in [0.4, 0.5) is 14.5 Å². The number of hydrogen-bond acceptors (Lipinski definition) is 7. The SMILES string of the molecule is C=C1C=C(c2nn(Cc3c(F)cc(OCCOC)cc3F)c3ccccc23)N=C(Nc2ccncc2Cl)C(C2CCNCC2)=C1. The molecule has 2 aromatic carbocycles. The molecular weight excluding hydrogens is 598 g/mol. The quantitative estimate of drug-likeness (QED) is 0.198. The summed E-state index contributed by atoms with van der Waals surface area (Å²) in [5.74, 6) is -0.455. The summed E-state index contributed by atoms with van der Waals surface area (Å²) in [5, 5.41) is 13.0. The van der Waals surface area contributed by atoms with E-state index < -0.39 is 11.6 Å². The summed E-state index contributed by atoms with van der Waals surface area (Å²) in [6.45, 7) is 6.47. The van der Waals surface area contributed by atoms with Gasteiger partial charge in [-0.3, -0.25) is 9.67 Å². The number of pyridine rings is 1. The Morgan fingerprint density at radius 3 is 2.62 bits per heavy atom. The van der Waals surface area contributed by atoms with Crippen LogP contribution < -0.4 is 15.4 Å². The van der Waals surface area contributed by atoms with Crippen molar-refractivity contribution in [2.45, 2.75) is 19.4 Å². The van der Waals surface area contributed by atoms with Crippen molar-refractivity contribution in [2.24, 2.45) is 10.9 Å². The lowest BCUT2D eigenvalue weighted by molar-refractivity contribution is 0.146. The Labute approximate surface area is 265 Å². The molecule has 1 fully saturated rings. The molecule has 0 unspecified atom stereocenters. The summed E-state index contributed by atoms with van der Waals surface area (Å²) in [4.78, 5) is 9.24. The number of piperidine rings is 1. The Balaban J connectivity index is 1.40. The number of amidine groups is 1. The standard InChI is InChI=1S/C34H33ClF2N6O2/c1-21-15-25(22-7-10-38-11-8-22)34(40-30-9-12-39-19-27(30)35)41-31(16-21)33-24-5-3-4-6-32(24)43(42-33)20-26-28(36)17-23(18-29(26)37)45-14-13-44-2/h3-6,9,12,15-19,22,38H,1,7-8,10-11,13-14,20H2,2H3,(H,39,40,41). The zero-order chi connectivity index (χ0) is 31.3. The zero-order valence-corrected chi connectivity index (χ0v) is 25.6. The molecule has 0 spiro atoms. The Hall–Kier alpha value is -4.38. The molecule has 0 bridgehead atoms. The van der Waals surface area contributed by atoms with Gasteiger partial charge in [0.1, 0.15) is 35.5 Å². The van der Waals surface area contributed by atoms with Crippen LogP contribution in [0.3, 0.4) is 0 Å². The Morgan fingerprint density at radius 2 is 1.87 bits per heavy atom. The lowest BCUT2D eigenvalue weighted by Crippen LogP contribution is -2.32. The van der Waals surface area contributed by atoms with E-state index in [4.69, 9.17) is 31.2 Å². The second-order valence-electron chi connectivity index (χ2n) is 10.9. The fourth-order valence-electron chi connectivity index (χ4n) is 5.62. The molecule has 0 aliphatic carbocycles. The summed E-state index contributed by atoms with van der Waals surface area (Å²) >= 11 is 6.49. The fourth-order valence-corrected chi connectivity index (χ4v) is 5.78. The number of rotatable bonds is 9. The third kappa shape index (κ3) is 6.83. The lowest BCUT2D eigenvalue weighted by Gasteiger charge is -2.26. The Kier molecular flexibility index (Phi) is 9.34. The Morgan fingerprint density at radius 1 is 1.09 bits per heavy atom. The maximum atomic E-state index is 15.2. The maximum absolute atomic E-state index is 15.2. The van der Waals surface area contributed by atoms with Gasteiger partial charge >= 0.3 is 0 Å². The monoisotopic (exact) mass is 630 g/mol. The number of para-hydroxylation sites is 1. The number of methoxy groups -OCH3 is 1. The van der Waals surface area contributed by atoms with Gasteiger partial charge in [-0.2, -0.15) is 5.10 Å². The van der Waals surface area contributed by atoms with Gasteiger partial charge in [0.25, 0.3) is 0 Å². The van der Waals surface area contributed by atoms with Gasteiger partial charge in [-0.1, -0.05) is 36.4 Å². The molecule has 2 aliphatic rings. The first-order valence-corrected chi connectivity index (χ1v) is 15.1. The minimum atomic E-state index is -0.722. The van der Waals surface area contributed by atoms with E-state index in [2.05, 4.69) is 28.3 Å². The van der Waals surface area contributed by atoms with Crippen molar-refractivity contribution >= 4 is 39.7 Å². The maximum Gasteiger partial charge on any atom is 0.134 e. The summed E-state index contributed by atoms with van der Waals surface area (Å²) in [6, 6.07) is 11.7. The van der Waals surface area contributed by atoms with Crippen LogP contribution in [-0.2, 0) is 11.3 Å². The van der Waals surface area contributed by atoms with E-state index in [0.717, 1.165) is 42.5 Å². The number of ether oxygens (including phenoxy) is 2. The van der Waals surface area contributed by atoms with Gasteiger partial charge in [0, 0.05) is 42.6 Å². The highest BCUT2D eigenvalue weighted by Crippen LogP contribution is 2.34. The van der Waals surface area contributed by atoms with Crippen molar-refractivity contribution in [1.82, 2.24) is 20.1 Å². The van der Waals surface area contributed by atoms with Gasteiger partial charge in [-0.15, -0.1) is 0 Å². The highest BCUT2D eigenvalue weighted by molar-refractivity contribution is 6.34. The number of hydrogen-bond donors (Lipinski definition) is 2. The van der Waals surface area contributed by atoms with Gasteiger partial charge < -0.3 is 20.1 Å². The molecular formula is C34H33ClF2N6O2. The number of allylic oxidation sites excluding steroid dienone is 3. The molecule has 8 nitrogen and oxygen atoms in total. The van der Waals surface area contributed by atoms with Crippen molar-refractivity contribution in [3.63, 3.8) is 0 Å². The van der Waals surface area contributed by atoms with Gasteiger partial charge in [-0.05, 0) is 67.3 Å². The molecule has 0 atom stereocenters. The average molecular weight is 631 g/mol. The van der Waals surface area contributed by atoms with Gasteiger partial charge in [-0.25, -0.2) is 13.8 Å². The largest absolute Gasteiger partial charge is 0.491 e. The third-order valence-corrected chi connectivity index (χ3v) is 8.15. The van der Waals surface area contributed by atoms with Gasteiger partial charge in [0.15, 0.2) is 0 Å². The molecule has 45 heavy (non-hydrogen) atoms. The smallest absolute Gasteiger partial charge is 0.134 e. The van der Waals surface area contributed by atoms with E-state index in [9.17, 15) is 0 Å². The minimum Gasteiger partial charge on any atom is -0.491 e. The normalized spacial score (nSPS) is 15.8.